The lowest BCUT2D eigenvalue weighted by Gasteiger charge is -2.25. The Bertz CT molecular complexity index is 908. The van der Waals surface area contributed by atoms with Gasteiger partial charge in [0.15, 0.2) is 5.85 Å². The number of hydrogen-bond acceptors (Lipinski definition) is 7. The standard InChI is InChI=1S/C22H34ClN4O4PS/c1-3-5-7-9-15-27(16-10-8-6-4-2)18-13-11-17(12-14-18)25-26-22-24-20(23)19(33-22)21(28)32(29,30)31/h11-14,21,28H,3-10,15-16H2,1-2H3,(H2,29,30,31). The molecule has 1 atom stereocenters. The van der Waals surface area contributed by atoms with Crippen LogP contribution in [0.2, 0.25) is 5.15 Å². The molecule has 0 saturated carbocycles. The average molecular weight is 517 g/mol. The molecule has 0 bridgehead atoms. The number of rotatable bonds is 15. The van der Waals surface area contributed by atoms with Gasteiger partial charge in [-0.05, 0) is 37.1 Å². The highest BCUT2D eigenvalue weighted by molar-refractivity contribution is 7.52. The van der Waals surface area contributed by atoms with E-state index in [9.17, 15) is 9.67 Å². The fourth-order valence-electron chi connectivity index (χ4n) is 3.32. The summed E-state index contributed by atoms with van der Waals surface area (Å²) >= 11 is 6.69. The summed E-state index contributed by atoms with van der Waals surface area (Å²) < 4.78 is 11.3. The van der Waals surface area contributed by atoms with E-state index in [4.69, 9.17) is 21.4 Å². The molecule has 1 aromatic heterocycles. The van der Waals surface area contributed by atoms with Crippen LogP contribution >= 0.6 is 30.5 Å². The van der Waals surface area contributed by atoms with E-state index in [0.29, 0.717) is 5.69 Å². The molecular formula is C22H34ClN4O4PS. The highest BCUT2D eigenvalue weighted by Gasteiger charge is 2.32. The van der Waals surface area contributed by atoms with E-state index >= 15 is 0 Å². The zero-order valence-corrected chi connectivity index (χ0v) is 21.7. The van der Waals surface area contributed by atoms with Crippen molar-refractivity contribution in [2.75, 3.05) is 18.0 Å². The van der Waals surface area contributed by atoms with E-state index in [-0.39, 0.29) is 15.2 Å². The lowest BCUT2D eigenvalue weighted by Crippen LogP contribution is -2.25. The van der Waals surface area contributed by atoms with E-state index < -0.39 is 13.4 Å². The van der Waals surface area contributed by atoms with Crippen molar-refractivity contribution in [3.8, 4) is 0 Å². The molecule has 0 aliphatic heterocycles. The number of aliphatic hydroxyl groups excluding tert-OH is 1. The number of anilines is 1. The van der Waals surface area contributed by atoms with Crippen molar-refractivity contribution in [1.29, 1.82) is 0 Å². The number of unbranched alkanes of at least 4 members (excludes halogenated alkanes) is 6. The third kappa shape index (κ3) is 9.43. The van der Waals surface area contributed by atoms with E-state index in [1.807, 2.05) is 24.3 Å². The maximum absolute atomic E-state index is 11.3. The number of benzene rings is 1. The molecule has 1 heterocycles. The molecule has 8 nitrogen and oxygen atoms in total. The fraction of sp³-hybridized carbons (Fsp3) is 0.591. The molecule has 0 saturated heterocycles. The van der Waals surface area contributed by atoms with E-state index in [1.54, 1.807) is 0 Å². The number of halogens is 1. The van der Waals surface area contributed by atoms with Gasteiger partial charge in [0, 0.05) is 18.8 Å². The zero-order valence-electron chi connectivity index (χ0n) is 19.2. The molecular weight excluding hydrogens is 483 g/mol. The summed E-state index contributed by atoms with van der Waals surface area (Å²) in [6.07, 6.45) is 9.80. The maximum atomic E-state index is 11.3. The molecule has 184 valence electrons. The van der Waals surface area contributed by atoms with Crippen LogP contribution in [0.5, 0.6) is 0 Å². The molecule has 2 aromatic rings. The van der Waals surface area contributed by atoms with Crippen molar-refractivity contribution < 1.29 is 19.5 Å². The monoisotopic (exact) mass is 516 g/mol. The van der Waals surface area contributed by atoms with Crippen LogP contribution in [0.1, 0.15) is 75.9 Å². The highest BCUT2D eigenvalue weighted by atomic mass is 35.5. The van der Waals surface area contributed by atoms with Gasteiger partial charge in [-0.3, -0.25) is 4.57 Å². The minimum atomic E-state index is -4.74. The van der Waals surface area contributed by atoms with Crippen molar-refractivity contribution in [3.05, 3.63) is 34.3 Å². The summed E-state index contributed by atoms with van der Waals surface area (Å²) in [6, 6.07) is 7.83. The van der Waals surface area contributed by atoms with Crippen LogP contribution < -0.4 is 4.90 Å². The molecule has 0 aliphatic carbocycles. The third-order valence-corrected chi connectivity index (χ3v) is 7.64. The van der Waals surface area contributed by atoms with Crippen molar-refractivity contribution in [1.82, 2.24) is 4.98 Å². The topological polar surface area (TPSA) is 119 Å². The van der Waals surface area contributed by atoms with Crippen LogP contribution in [0.3, 0.4) is 0 Å². The molecule has 33 heavy (non-hydrogen) atoms. The second-order valence-corrected chi connectivity index (χ2v) is 11.0. The predicted octanol–water partition coefficient (Wildman–Crippen LogP) is 7.35. The number of aliphatic hydroxyl groups is 1. The van der Waals surface area contributed by atoms with Gasteiger partial charge in [-0.15, -0.1) is 10.2 Å². The Hall–Kier alpha value is -1.35. The Labute approximate surface area is 204 Å². The first-order chi connectivity index (χ1) is 15.8. The number of hydrogen-bond donors (Lipinski definition) is 3. The lowest BCUT2D eigenvalue weighted by molar-refractivity contribution is 0.208. The Balaban J connectivity index is 2.05. The smallest absolute Gasteiger partial charge is 0.359 e. The van der Waals surface area contributed by atoms with Gasteiger partial charge < -0.3 is 19.8 Å². The van der Waals surface area contributed by atoms with Gasteiger partial charge in [0.25, 0.3) is 0 Å². The maximum Gasteiger partial charge on any atom is 0.359 e. The van der Waals surface area contributed by atoms with Crippen LogP contribution in [-0.4, -0.2) is 33.0 Å². The molecule has 1 unspecified atom stereocenters. The van der Waals surface area contributed by atoms with Crippen molar-refractivity contribution >= 4 is 47.0 Å². The van der Waals surface area contributed by atoms with E-state index in [0.717, 1.165) is 30.1 Å². The summed E-state index contributed by atoms with van der Waals surface area (Å²) in [4.78, 5) is 24.5. The summed E-state index contributed by atoms with van der Waals surface area (Å²) in [7, 11) is -4.74. The molecule has 0 aliphatic rings. The summed E-state index contributed by atoms with van der Waals surface area (Å²) in [5, 5.41) is 17.8. The predicted molar refractivity (Wildman–Crippen MR) is 135 cm³/mol. The van der Waals surface area contributed by atoms with Gasteiger partial charge in [0.2, 0.25) is 5.13 Å². The Morgan fingerprint density at radius 2 is 1.58 bits per heavy atom. The second kappa shape index (κ2) is 14.1. The first-order valence-electron chi connectivity index (χ1n) is 11.4. The summed E-state index contributed by atoms with van der Waals surface area (Å²) in [5.41, 5.74) is 1.78. The van der Waals surface area contributed by atoms with Gasteiger partial charge in [0.05, 0.1) is 10.6 Å². The SMILES string of the molecule is CCCCCCN(CCCCCC)c1ccc(N=Nc2nc(Cl)c(C(O)P(=O)(O)O)s2)cc1. The Kier molecular flexibility index (Phi) is 12.0. The normalized spacial score (nSPS) is 13.0. The number of aromatic nitrogens is 1. The molecule has 0 spiro atoms. The van der Waals surface area contributed by atoms with E-state index in [1.165, 1.54) is 51.4 Å². The number of nitrogens with zero attached hydrogens (tertiary/aromatic N) is 4. The van der Waals surface area contributed by atoms with Crippen molar-refractivity contribution in [2.24, 2.45) is 10.2 Å². The highest BCUT2D eigenvalue weighted by Crippen LogP contribution is 2.53. The Morgan fingerprint density at radius 1 is 1.00 bits per heavy atom. The average Bonchev–Trinajstić information content (AvgIpc) is 3.16. The molecule has 1 aromatic carbocycles. The minimum Gasteiger partial charge on any atom is -0.375 e. The molecule has 0 amide bonds. The number of azo groups is 1. The third-order valence-electron chi connectivity index (χ3n) is 5.18. The Morgan fingerprint density at radius 3 is 2.09 bits per heavy atom. The van der Waals surface area contributed by atoms with Crippen molar-refractivity contribution in [3.63, 3.8) is 0 Å². The van der Waals surface area contributed by atoms with Gasteiger partial charge in [0.1, 0.15) is 5.15 Å². The van der Waals surface area contributed by atoms with Gasteiger partial charge >= 0.3 is 7.60 Å². The van der Waals surface area contributed by atoms with Crippen LogP contribution in [0.15, 0.2) is 34.5 Å². The van der Waals surface area contributed by atoms with Crippen LogP contribution in [-0.2, 0) is 4.57 Å². The zero-order chi connectivity index (χ0) is 24.3. The van der Waals surface area contributed by atoms with Gasteiger partial charge in [-0.1, -0.05) is 75.3 Å². The van der Waals surface area contributed by atoms with Gasteiger partial charge in [-0.2, -0.15) is 0 Å². The van der Waals surface area contributed by atoms with Crippen LogP contribution in [0, 0.1) is 0 Å². The molecule has 11 heteroatoms. The molecule has 0 radical (unpaired) electrons. The second-order valence-electron chi connectivity index (χ2n) is 7.94. The fourth-order valence-corrected chi connectivity index (χ4v) is 5.39. The first-order valence-corrected chi connectivity index (χ1v) is 14.3. The van der Waals surface area contributed by atoms with Gasteiger partial charge in [-0.25, -0.2) is 4.98 Å². The van der Waals surface area contributed by atoms with Crippen LogP contribution in [0.4, 0.5) is 16.5 Å². The minimum absolute atomic E-state index is 0.111. The van der Waals surface area contributed by atoms with Crippen molar-refractivity contribution in [2.45, 2.75) is 71.1 Å². The lowest BCUT2D eigenvalue weighted by atomic mass is 10.1. The van der Waals surface area contributed by atoms with Crippen LogP contribution in [0.25, 0.3) is 0 Å². The summed E-state index contributed by atoms with van der Waals surface area (Å²) in [6.45, 7) is 6.51. The van der Waals surface area contributed by atoms with E-state index in [2.05, 4.69) is 34.0 Å². The summed E-state index contributed by atoms with van der Waals surface area (Å²) in [5.74, 6) is -2.02. The molecule has 0 fully saturated rings. The molecule has 2 rings (SSSR count). The largest absolute Gasteiger partial charge is 0.375 e. The first kappa shape index (κ1) is 27.9. The molecule has 3 N–H and O–H groups in total. The quantitative estimate of drug-likeness (QED) is 0.129. The number of thiazole rings is 1.